The fourth-order valence-corrected chi connectivity index (χ4v) is 10.8. The molecule has 0 spiro atoms. The molecular formula is C55H82N5O16P. The lowest BCUT2D eigenvalue weighted by molar-refractivity contribution is -0.157. The Morgan fingerprint density at radius 2 is 1.40 bits per heavy atom. The number of hydrogen-bond donors (Lipinski definition) is 2. The van der Waals surface area contributed by atoms with E-state index in [9.17, 15) is 33.3 Å². The molecule has 0 bridgehead atoms. The van der Waals surface area contributed by atoms with Crippen molar-refractivity contribution in [1.82, 2.24) is 19.1 Å². The van der Waals surface area contributed by atoms with E-state index >= 15 is 0 Å². The molecule has 2 aliphatic heterocycles. The number of methoxy groups -OCH3 is 1. The van der Waals surface area contributed by atoms with Gasteiger partial charge >= 0.3 is 31.1 Å². The van der Waals surface area contributed by atoms with Crippen molar-refractivity contribution >= 4 is 19.8 Å². The molecule has 0 amide bonds. The van der Waals surface area contributed by atoms with Gasteiger partial charge < -0.3 is 33.3 Å². The second kappa shape index (κ2) is 32.6. The third kappa shape index (κ3) is 19.9. The van der Waals surface area contributed by atoms with Crippen LogP contribution < -0.4 is 27.2 Å². The molecule has 2 fully saturated rings. The van der Waals surface area contributed by atoms with Gasteiger partial charge in [0.2, 0.25) is 6.54 Å². The standard InChI is InChI=1S/C55H82N5O16P/c1-8-10-11-12-13-14-15-16-17-18-19-20-21-22-23-24-30-69-43-33-41(32-38(3)40(43)5)36-70-48(62)25-26-49(63)74-44-34-47(60-35-39(4)52(64)58-55(60)66)73-45(44)37-72-77(67,71-31-28-56-6)76-50-42(9-2)75-53(51(50)68-7)59-29-27-46(61)57-54(59)65/h27,29,32-33,35,42,44-45,47,50-51,53H,8-26,28,30-31,34,36-37H2,1-5,7H3,(H,57,61,65)(H,58,64,66)/t42-,44-,45-,47?,50+,51+,53?,77?/m1/s1. The number of aromatic amines is 2. The minimum Gasteiger partial charge on any atom is -0.493 e. The number of aromatic nitrogens is 4. The van der Waals surface area contributed by atoms with Gasteiger partial charge in [0.25, 0.3) is 11.1 Å². The van der Waals surface area contributed by atoms with Crippen LogP contribution in [-0.2, 0) is 58.0 Å². The molecule has 2 aliphatic rings. The number of nitrogens with one attached hydrogen (secondary N) is 2. The van der Waals surface area contributed by atoms with Crippen LogP contribution in [0.3, 0.4) is 0 Å². The van der Waals surface area contributed by atoms with Crippen LogP contribution in [0.25, 0.3) is 4.85 Å². The van der Waals surface area contributed by atoms with Gasteiger partial charge in [-0.25, -0.2) is 20.7 Å². The molecular weight excluding hydrogens is 1020 g/mol. The Morgan fingerprint density at radius 3 is 2.03 bits per heavy atom. The van der Waals surface area contributed by atoms with Gasteiger partial charge in [-0.15, -0.1) is 0 Å². The van der Waals surface area contributed by atoms with Gasteiger partial charge in [0, 0.05) is 37.6 Å². The maximum absolute atomic E-state index is 14.5. The monoisotopic (exact) mass is 1100 g/mol. The van der Waals surface area contributed by atoms with E-state index in [4.69, 9.17) is 48.6 Å². The number of rotatable bonds is 36. The molecule has 2 N–H and O–H groups in total. The smallest absolute Gasteiger partial charge is 0.475 e. The first-order chi connectivity index (χ1) is 37.1. The summed E-state index contributed by atoms with van der Waals surface area (Å²) in [6.07, 6.45) is 14.9. The zero-order valence-corrected chi connectivity index (χ0v) is 46.8. The van der Waals surface area contributed by atoms with Crippen molar-refractivity contribution in [2.75, 3.05) is 33.5 Å². The number of benzene rings is 1. The van der Waals surface area contributed by atoms with Gasteiger partial charge in [-0.2, -0.15) is 0 Å². The second-order valence-electron chi connectivity index (χ2n) is 19.9. The van der Waals surface area contributed by atoms with E-state index in [1.54, 1.807) is 6.92 Å². The molecule has 0 saturated carbocycles. The first-order valence-corrected chi connectivity index (χ1v) is 29.0. The number of phosphoric ester groups is 1. The molecule has 3 aromatic rings. The molecule has 1 aromatic carbocycles. The Labute approximate surface area is 451 Å². The Bertz CT molecular complexity index is 2660. The Hall–Kier alpha value is -5.20. The van der Waals surface area contributed by atoms with Crippen LogP contribution in [0.15, 0.2) is 49.8 Å². The van der Waals surface area contributed by atoms with Gasteiger partial charge in [0.15, 0.2) is 6.23 Å². The second-order valence-corrected chi connectivity index (χ2v) is 21.6. The number of carbonyl (C=O) groups excluding carboxylic acids is 2. The summed E-state index contributed by atoms with van der Waals surface area (Å²) in [4.78, 5) is 83.9. The molecule has 77 heavy (non-hydrogen) atoms. The summed E-state index contributed by atoms with van der Waals surface area (Å²) in [6.45, 7) is 16.0. The van der Waals surface area contributed by atoms with Crippen molar-refractivity contribution in [3.05, 3.63) is 106 Å². The summed E-state index contributed by atoms with van der Waals surface area (Å²) in [7, 11) is -3.39. The van der Waals surface area contributed by atoms with Crippen molar-refractivity contribution in [3.63, 3.8) is 0 Å². The zero-order valence-electron chi connectivity index (χ0n) is 45.9. The highest BCUT2D eigenvalue weighted by Crippen LogP contribution is 2.54. The van der Waals surface area contributed by atoms with Crippen LogP contribution in [0.4, 0.5) is 0 Å². The van der Waals surface area contributed by atoms with Crippen LogP contribution in [0.1, 0.15) is 177 Å². The third-order valence-electron chi connectivity index (χ3n) is 14.0. The van der Waals surface area contributed by atoms with E-state index in [0.29, 0.717) is 6.61 Å². The number of carbonyl (C=O) groups is 2. The summed E-state index contributed by atoms with van der Waals surface area (Å²) in [6, 6.07) is 4.93. The molecule has 2 saturated heterocycles. The maximum atomic E-state index is 14.5. The number of phosphoric acid groups is 1. The zero-order chi connectivity index (χ0) is 55.7. The largest absolute Gasteiger partial charge is 0.493 e. The number of unbranched alkanes of at least 4 members (excludes halogenated alkanes) is 15. The van der Waals surface area contributed by atoms with E-state index < -0.39 is 98.4 Å². The number of ether oxygens (including phenoxy) is 6. The Kier molecular flexibility index (Phi) is 26.6. The fraction of sp³-hybridized carbons (Fsp3) is 0.691. The SMILES string of the molecule is [C-]#[N+]CCOP(=O)(OC[C@H]1OC(n2cc(C)c(=O)[nH]c2=O)C[C@H]1OC(=O)CCC(=O)OCc1cc(C)c(C)c(OCCCCCCCCCCCCCCCCCC)c1)O[C@@H]1[C@H](OC)C(n2ccc(=O)[nH]c2=O)O[C@@H]1CC. The van der Waals surface area contributed by atoms with Crippen LogP contribution in [0.5, 0.6) is 5.75 Å². The molecule has 22 heteroatoms. The summed E-state index contributed by atoms with van der Waals surface area (Å²) in [5, 5.41) is 0. The quantitative estimate of drug-likeness (QED) is 0.0238. The predicted molar refractivity (Wildman–Crippen MR) is 287 cm³/mol. The highest BCUT2D eigenvalue weighted by molar-refractivity contribution is 7.48. The molecule has 8 atom stereocenters. The van der Waals surface area contributed by atoms with Crippen molar-refractivity contribution in [2.24, 2.45) is 0 Å². The first kappa shape index (κ1) is 62.6. The van der Waals surface area contributed by atoms with Gasteiger partial charge in [-0.05, 0) is 56.4 Å². The van der Waals surface area contributed by atoms with E-state index in [1.165, 1.54) is 116 Å². The van der Waals surface area contributed by atoms with Crippen molar-refractivity contribution in [2.45, 2.75) is 213 Å². The summed E-state index contributed by atoms with van der Waals surface area (Å²) in [5.74, 6) is -0.723. The Balaban J connectivity index is 1.13. The number of hydrogen-bond acceptors (Lipinski definition) is 16. The molecule has 5 rings (SSSR count). The topological polar surface area (TPSA) is 248 Å². The predicted octanol–water partition coefficient (Wildman–Crippen LogP) is 9.14. The van der Waals surface area contributed by atoms with Crippen LogP contribution in [0, 0.1) is 27.3 Å². The molecule has 4 heterocycles. The van der Waals surface area contributed by atoms with E-state index in [1.807, 2.05) is 26.0 Å². The van der Waals surface area contributed by atoms with E-state index in [-0.39, 0.29) is 44.4 Å². The third-order valence-corrected chi connectivity index (χ3v) is 15.4. The van der Waals surface area contributed by atoms with Gasteiger partial charge in [-0.1, -0.05) is 116 Å². The highest BCUT2D eigenvalue weighted by Gasteiger charge is 2.51. The van der Waals surface area contributed by atoms with E-state index in [2.05, 4.69) is 21.7 Å². The van der Waals surface area contributed by atoms with Crippen molar-refractivity contribution in [3.8, 4) is 5.75 Å². The average Bonchev–Trinajstić information content (AvgIpc) is 3.97. The average molecular weight is 1100 g/mol. The number of nitrogens with zero attached hydrogens (tertiary/aromatic N) is 3. The first-order valence-electron chi connectivity index (χ1n) is 27.6. The molecule has 0 radical (unpaired) electrons. The minimum atomic E-state index is -4.71. The molecule has 2 aromatic heterocycles. The molecule has 21 nitrogen and oxygen atoms in total. The molecule has 0 aliphatic carbocycles. The lowest BCUT2D eigenvalue weighted by Crippen LogP contribution is -2.39. The van der Waals surface area contributed by atoms with Gasteiger partial charge in [0.05, 0.1) is 32.2 Å². The summed E-state index contributed by atoms with van der Waals surface area (Å²) < 4.78 is 69.8. The van der Waals surface area contributed by atoms with Crippen LogP contribution in [0.2, 0.25) is 0 Å². The fourth-order valence-electron chi connectivity index (χ4n) is 9.45. The number of esters is 2. The van der Waals surface area contributed by atoms with Crippen molar-refractivity contribution < 1.29 is 56.1 Å². The summed E-state index contributed by atoms with van der Waals surface area (Å²) in [5.41, 5.74) is 0.0984. The minimum absolute atomic E-state index is 0.0429. The summed E-state index contributed by atoms with van der Waals surface area (Å²) >= 11 is 0. The van der Waals surface area contributed by atoms with E-state index in [0.717, 1.165) is 50.5 Å². The normalized spacial score (nSPS) is 20.9. The van der Waals surface area contributed by atoms with Crippen LogP contribution in [-0.4, -0.2) is 95.0 Å². The molecule has 3 unspecified atom stereocenters. The van der Waals surface area contributed by atoms with Gasteiger partial charge in [-0.3, -0.25) is 51.9 Å². The Morgan fingerprint density at radius 1 is 0.766 bits per heavy atom. The lowest BCUT2D eigenvalue weighted by Gasteiger charge is -2.28. The van der Waals surface area contributed by atoms with Crippen molar-refractivity contribution in [1.29, 1.82) is 0 Å². The molecule has 428 valence electrons. The van der Waals surface area contributed by atoms with Gasteiger partial charge in [0.1, 0.15) is 49.6 Å². The number of aryl methyl sites for hydroxylation is 2. The number of H-pyrrole nitrogens is 2. The highest BCUT2D eigenvalue weighted by atomic mass is 31.2. The van der Waals surface area contributed by atoms with Crippen LogP contribution >= 0.6 is 7.82 Å². The maximum Gasteiger partial charge on any atom is 0.475 e. The lowest BCUT2D eigenvalue weighted by atomic mass is 10.0.